The number of rotatable bonds is 7. The van der Waals surface area contributed by atoms with E-state index in [1.54, 1.807) is 6.21 Å². The van der Waals surface area contributed by atoms with Gasteiger partial charge >= 0.3 is 0 Å². The van der Waals surface area contributed by atoms with Crippen LogP contribution in [-0.4, -0.2) is 45.5 Å². The fourth-order valence-corrected chi connectivity index (χ4v) is 3.55. The number of thioether (sulfide) groups is 2. The Hall–Kier alpha value is -2.06. The third kappa shape index (κ3) is 5.74. The molecule has 1 fully saturated rings. The van der Waals surface area contributed by atoms with Gasteiger partial charge < -0.3 is 4.74 Å². The predicted molar refractivity (Wildman–Crippen MR) is 106 cm³/mol. The summed E-state index contributed by atoms with van der Waals surface area (Å²) in [6.07, 6.45) is 1.91. The van der Waals surface area contributed by atoms with Gasteiger partial charge in [-0.05, 0) is 37.6 Å². The van der Waals surface area contributed by atoms with Crippen LogP contribution in [0.5, 0.6) is 5.75 Å². The normalized spacial score (nSPS) is 14.2. The third-order valence-electron chi connectivity index (χ3n) is 3.47. The van der Waals surface area contributed by atoms with Crippen molar-refractivity contribution in [1.82, 2.24) is 15.4 Å². The minimum absolute atomic E-state index is 0.201. The summed E-state index contributed by atoms with van der Waals surface area (Å²) < 4.78 is 5.84. The molecule has 2 aromatic rings. The lowest BCUT2D eigenvalue weighted by molar-refractivity contribution is -0.118. The van der Waals surface area contributed by atoms with E-state index in [-0.39, 0.29) is 11.7 Å². The van der Waals surface area contributed by atoms with Crippen LogP contribution in [0.25, 0.3) is 0 Å². The van der Waals surface area contributed by atoms with Crippen LogP contribution in [0.4, 0.5) is 0 Å². The molecule has 1 N–H and O–H groups in total. The first-order valence-corrected chi connectivity index (χ1v) is 10.3. The van der Waals surface area contributed by atoms with Gasteiger partial charge in [0.15, 0.2) is 5.16 Å². The number of nitrogens with zero attached hydrogens (tertiary/aromatic N) is 3. The maximum absolute atomic E-state index is 11.9. The van der Waals surface area contributed by atoms with Gasteiger partial charge in [0.05, 0.1) is 12.0 Å². The van der Waals surface area contributed by atoms with Gasteiger partial charge in [-0.25, -0.2) is 15.4 Å². The number of hydrazone groups is 1. The number of nitrogens with one attached hydrogen (secondary N) is 1. The minimum Gasteiger partial charge on any atom is -0.489 e. The van der Waals surface area contributed by atoms with E-state index in [1.165, 1.54) is 11.8 Å². The molecule has 0 bridgehead atoms. The lowest BCUT2D eigenvalue weighted by atomic mass is 10.2. The highest BCUT2D eigenvalue weighted by Crippen LogP contribution is 2.24. The van der Waals surface area contributed by atoms with Crippen molar-refractivity contribution in [2.45, 2.75) is 25.1 Å². The Balaban J connectivity index is 1.46. The Morgan fingerprint density at radius 2 is 2.12 bits per heavy atom. The first kappa shape index (κ1) is 18.7. The zero-order valence-electron chi connectivity index (χ0n) is 14.6. The van der Waals surface area contributed by atoms with Gasteiger partial charge in [0.2, 0.25) is 0 Å². The van der Waals surface area contributed by atoms with Gasteiger partial charge in [0.1, 0.15) is 11.9 Å². The summed E-state index contributed by atoms with van der Waals surface area (Å²) in [5.74, 6) is 2.91. The molecule has 1 aliphatic heterocycles. The quantitative estimate of drug-likeness (QED) is 0.340. The molecule has 0 spiro atoms. The molecule has 6 nitrogen and oxygen atoms in total. The maximum atomic E-state index is 11.9. The van der Waals surface area contributed by atoms with Crippen molar-refractivity contribution < 1.29 is 9.53 Å². The molecule has 0 radical (unpaired) electrons. The summed E-state index contributed by atoms with van der Waals surface area (Å²) >= 11 is 3.17. The van der Waals surface area contributed by atoms with Gasteiger partial charge in [-0.2, -0.15) is 16.9 Å². The van der Waals surface area contributed by atoms with E-state index in [1.807, 2.05) is 55.9 Å². The van der Waals surface area contributed by atoms with Crippen LogP contribution in [-0.2, 0) is 4.79 Å². The van der Waals surface area contributed by atoms with Crippen LogP contribution < -0.4 is 10.2 Å². The number of carbonyl (C=O) groups is 1. The van der Waals surface area contributed by atoms with Crippen LogP contribution in [0.15, 0.2) is 40.6 Å². The third-order valence-corrected chi connectivity index (χ3v) is 5.53. The highest BCUT2D eigenvalue weighted by molar-refractivity contribution is 8.00. The van der Waals surface area contributed by atoms with E-state index in [9.17, 15) is 4.79 Å². The molecule has 26 heavy (non-hydrogen) atoms. The summed E-state index contributed by atoms with van der Waals surface area (Å²) in [4.78, 5) is 20.5. The highest BCUT2D eigenvalue weighted by Gasteiger charge is 2.19. The van der Waals surface area contributed by atoms with E-state index >= 15 is 0 Å². The van der Waals surface area contributed by atoms with Crippen molar-refractivity contribution in [2.24, 2.45) is 5.10 Å². The molecule has 1 amide bonds. The molecule has 1 aromatic carbocycles. The largest absolute Gasteiger partial charge is 0.489 e. The lowest BCUT2D eigenvalue weighted by Crippen LogP contribution is -2.31. The minimum atomic E-state index is -0.201. The molecule has 0 unspecified atom stereocenters. The monoisotopic (exact) mass is 388 g/mol. The fourth-order valence-electron chi connectivity index (χ4n) is 2.24. The summed E-state index contributed by atoms with van der Waals surface area (Å²) in [6, 6.07) is 9.57. The maximum Gasteiger partial charge on any atom is 0.250 e. The number of ether oxygens (including phenoxy) is 1. The van der Waals surface area contributed by atoms with E-state index in [0.717, 1.165) is 34.2 Å². The Bertz CT molecular complexity index is 789. The predicted octanol–water partition coefficient (Wildman–Crippen LogP) is 2.83. The molecule has 1 aromatic heterocycles. The summed E-state index contributed by atoms with van der Waals surface area (Å²) in [7, 11) is 0. The van der Waals surface area contributed by atoms with Crippen molar-refractivity contribution in [2.75, 3.05) is 17.3 Å². The van der Waals surface area contributed by atoms with Crippen LogP contribution in [0, 0.1) is 13.8 Å². The number of aryl methyl sites for hydroxylation is 2. The van der Waals surface area contributed by atoms with Crippen LogP contribution >= 0.6 is 23.5 Å². The molecule has 2 heterocycles. The summed E-state index contributed by atoms with van der Waals surface area (Å²) in [6.45, 7) is 3.81. The summed E-state index contributed by atoms with van der Waals surface area (Å²) in [5, 5.41) is 4.60. The number of aromatic nitrogens is 2. The topological polar surface area (TPSA) is 76.5 Å². The molecule has 1 aliphatic rings. The molecule has 1 saturated heterocycles. The second-order valence-electron chi connectivity index (χ2n) is 5.86. The van der Waals surface area contributed by atoms with Crippen molar-refractivity contribution in [3.8, 4) is 5.75 Å². The van der Waals surface area contributed by atoms with E-state index < -0.39 is 0 Å². The highest BCUT2D eigenvalue weighted by atomic mass is 32.2. The Kier molecular flexibility index (Phi) is 6.51. The van der Waals surface area contributed by atoms with Gasteiger partial charge in [-0.1, -0.05) is 23.9 Å². The van der Waals surface area contributed by atoms with Crippen LogP contribution in [0.2, 0.25) is 0 Å². The van der Waals surface area contributed by atoms with E-state index in [0.29, 0.717) is 11.3 Å². The second-order valence-corrected chi connectivity index (χ2v) is 7.88. The first-order chi connectivity index (χ1) is 12.6. The number of hydrogen-bond acceptors (Lipinski definition) is 7. The van der Waals surface area contributed by atoms with Gasteiger partial charge in [-0.15, -0.1) is 0 Å². The molecule has 3 rings (SSSR count). The van der Waals surface area contributed by atoms with Gasteiger partial charge in [0.25, 0.3) is 5.91 Å². The van der Waals surface area contributed by atoms with Crippen LogP contribution in [0.3, 0.4) is 0 Å². The smallest absolute Gasteiger partial charge is 0.250 e. The standard InChI is InChI=1S/C18H20N4O2S2/c1-12-6-13(2)21-18(20-12)26-11-17(23)22-19-8-14-4-3-5-15(7-14)24-16-9-25-10-16/h3-8,16H,9-11H2,1-2H3,(H,22,23)/b19-8-. The average Bonchev–Trinajstić information content (AvgIpc) is 2.56. The molecule has 136 valence electrons. The van der Waals surface area contributed by atoms with Crippen LogP contribution in [0.1, 0.15) is 17.0 Å². The Labute approximate surface area is 161 Å². The Morgan fingerprint density at radius 1 is 1.35 bits per heavy atom. The van der Waals surface area contributed by atoms with Gasteiger partial charge in [0, 0.05) is 22.9 Å². The molecular formula is C18H20N4O2S2. The molecule has 0 aliphatic carbocycles. The van der Waals surface area contributed by atoms with Crippen molar-refractivity contribution in [3.05, 3.63) is 47.3 Å². The first-order valence-electron chi connectivity index (χ1n) is 8.20. The second kappa shape index (κ2) is 9.05. The Morgan fingerprint density at radius 3 is 2.81 bits per heavy atom. The van der Waals surface area contributed by atoms with Gasteiger partial charge in [-0.3, -0.25) is 4.79 Å². The number of carbonyl (C=O) groups excluding carboxylic acids is 1. The zero-order valence-corrected chi connectivity index (χ0v) is 16.3. The summed E-state index contributed by atoms with van der Waals surface area (Å²) in [5.41, 5.74) is 5.18. The zero-order chi connectivity index (χ0) is 18.4. The van der Waals surface area contributed by atoms with E-state index in [4.69, 9.17) is 4.74 Å². The van der Waals surface area contributed by atoms with Crippen molar-refractivity contribution in [3.63, 3.8) is 0 Å². The number of benzene rings is 1. The average molecular weight is 389 g/mol. The molecular weight excluding hydrogens is 368 g/mol. The van der Waals surface area contributed by atoms with E-state index in [2.05, 4.69) is 20.5 Å². The molecule has 8 heteroatoms. The fraction of sp³-hybridized carbons (Fsp3) is 0.333. The molecule has 0 atom stereocenters. The SMILES string of the molecule is Cc1cc(C)nc(SCC(=O)N/N=C\c2cccc(OC3CSC3)c2)n1. The lowest BCUT2D eigenvalue weighted by Gasteiger charge is -2.25. The number of hydrogen-bond donors (Lipinski definition) is 1. The van der Waals surface area contributed by atoms with Crippen molar-refractivity contribution in [1.29, 1.82) is 0 Å². The van der Waals surface area contributed by atoms with Crippen molar-refractivity contribution >= 4 is 35.6 Å². The molecule has 0 saturated carbocycles. The number of amides is 1.